The highest BCUT2D eigenvalue weighted by Gasteiger charge is 2.59. The van der Waals surface area contributed by atoms with Gasteiger partial charge in [-0.3, -0.25) is 14.4 Å². The third-order valence-corrected chi connectivity index (χ3v) is 5.52. The molecule has 3 amide bonds. The third kappa shape index (κ3) is 3.47. The van der Waals surface area contributed by atoms with Crippen LogP contribution in [0.5, 0.6) is 0 Å². The number of hydrogen-bond donors (Lipinski definition) is 3. The van der Waals surface area contributed by atoms with Crippen LogP contribution in [0.25, 0.3) is 0 Å². The lowest BCUT2D eigenvalue weighted by atomic mass is 9.50. The van der Waals surface area contributed by atoms with Gasteiger partial charge in [0, 0.05) is 24.0 Å². The van der Waals surface area contributed by atoms with Gasteiger partial charge in [-0.25, -0.2) is 4.39 Å². The standard InChI is InChI=1S/C19H22FN3O3/c1-2-16(24)22-14-10-15(19(14)8-3-9-19)23-18(26)17(25)21-11-12-4-6-13(20)7-5-12/h2,4-7,14-15H,1,3,8-11H2,(H,21,25)(H,22,24)(H,23,26). The van der Waals surface area contributed by atoms with E-state index in [9.17, 15) is 18.8 Å². The molecular weight excluding hydrogens is 337 g/mol. The van der Waals surface area contributed by atoms with Crippen molar-refractivity contribution in [2.24, 2.45) is 5.41 Å². The first-order valence-corrected chi connectivity index (χ1v) is 8.71. The number of halogens is 1. The number of carbonyl (C=O) groups is 3. The van der Waals surface area contributed by atoms with Gasteiger partial charge in [-0.15, -0.1) is 0 Å². The molecule has 0 bridgehead atoms. The van der Waals surface area contributed by atoms with E-state index in [2.05, 4.69) is 22.5 Å². The number of amides is 3. The van der Waals surface area contributed by atoms with Crippen molar-refractivity contribution in [1.82, 2.24) is 16.0 Å². The summed E-state index contributed by atoms with van der Waals surface area (Å²) >= 11 is 0. The van der Waals surface area contributed by atoms with Crippen LogP contribution in [0.2, 0.25) is 0 Å². The molecule has 1 aromatic carbocycles. The minimum Gasteiger partial charge on any atom is -0.349 e. The summed E-state index contributed by atoms with van der Waals surface area (Å²) in [7, 11) is 0. The van der Waals surface area contributed by atoms with Crippen molar-refractivity contribution in [3.8, 4) is 0 Å². The molecular formula is C19H22FN3O3. The lowest BCUT2D eigenvalue weighted by molar-refractivity contribution is -0.144. The maximum Gasteiger partial charge on any atom is 0.309 e. The van der Waals surface area contributed by atoms with Crippen molar-refractivity contribution in [1.29, 1.82) is 0 Å². The molecule has 0 saturated heterocycles. The van der Waals surface area contributed by atoms with Gasteiger partial charge in [0.25, 0.3) is 0 Å². The van der Waals surface area contributed by atoms with E-state index in [1.165, 1.54) is 18.2 Å². The largest absolute Gasteiger partial charge is 0.349 e. The highest BCUT2D eigenvalue weighted by atomic mass is 19.1. The zero-order valence-electron chi connectivity index (χ0n) is 14.4. The average Bonchev–Trinajstić information content (AvgIpc) is 2.57. The molecule has 2 unspecified atom stereocenters. The van der Waals surface area contributed by atoms with Crippen molar-refractivity contribution < 1.29 is 18.8 Å². The van der Waals surface area contributed by atoms with Crippen LogP contribution in [0.15, 0.2) is 36.9 Å². The quantitative estimate of drug-likeness (QED) is 0.545. The molecule has 0 aromatic heterocycles. The highest BCUT2D eigenvalue weighted by molar-refractivity contribution is 6.35. The van der Waals surface area contributed by atoms with E-state index < -0.39 is 11.8 Å². The summed E-state index contributed by atoms with van der Waals surface area (Å²) in [5.41, 5.74) is 0.560. The molecule has 26 heavy (non-hydrogen) atoms. The molecule has 2 fully saturated rings. The zero-order valence-corrected chi connectivity index (χ0v) is 14.4. The normalized spacial score (nSPS) is 22.5. The monoisotopic (exact) mass is 359 g/mol. The molecule has 2 atom stereocenters. The fourth-order valence-corrected chi connectivity index (χ4v) is 3.79. The van der Waals surface area contributed by atoms with Gasteiger partial charge in [-0.2, -0.15) is 0 Å². The second-order valence-corrected chi connectivity index (χ2v) is 6.92. The Morgan fingerprint density at radius 3 is 2.35 bits per heavy atom. The topological polar surface area (TPSA) is 87.3 Å². The van der Waals surface area contributed by atoms with Gasteiger partial charge in [-0.05, 0) is 43.0 Å². The molecule has 7 heteroatoms. The predicted octanol–water partition coefficient (Wildman–Crippen LogP) is 1.17. The Morgan fingerprint density at radius 2 is 1.77 bits per heavy atom. The van der Waals surface area contributed by atoms with Crippen LogP contribution < -0.4 is 16.0 Å². The highest BCUT2D eigenvalue weighted by Crippen LogP contribution is 2.55. The van der Waals surface area contributed by atoms with Crippen molar-refractivity contribution in [2.75, 3.05) is 0 Å². The minimum absolute atomic E-state index is 0.00864. The van der Waals surface area contributed by atoms with E-state index in [1.807, 2.05) is 0 Å². The van der Waals surface area contributed by atoms with E-state index in [4.69, 9.17) is 0 Å². The van der Waals surface area contributed by atoms with Gasteiger partial charge >= 0.3 is 11.8 Å². The number of hydrogen-bond acceptors (Lipinski definition) is 3. The number of nitrogens with one attached hydrogen (secondary N) is 3. The Kier molecular flexibility index (Phi) is 5.06. The fourth-order valence-electron chi connectivity index (χ4n) is 3.79. The molecule has 0 heterocycles. The molecule has 6 nitrogen and oxygen atoms in total. The Hall–Kier alpha value is -2.70. The summed E-state index contributed by atoms with van der Waals surface area (Å²) in [6.07, 6.45) is 4.72. The summed E-state index contributed by atoms with van der Waals surface area (Å²) in [4.78, 5) is 35.7. The van der Waals surface area contributed by atoms with E-state index in [1.54, 1.807) is 12.1 Å². The predicted molar refractivity (Wildman–Crippen MR) is 93.2 cm³/mol. The molecule has 0 radical (unpaired) electrons. The van der Waals surface area contributed by atoms with Crippen LogP contribution >= 0.6 is 0 Å². The van der Waals surface area contributed by atoms with Gasteiger partial charge in [0.1, 0.15) is 5.82 Å². The van der Waals surface area contributed by atoms with Crippen LogP contribution in [0.4, 0.5) is 4.39 Å². The van der Waals surface area contributed by atoms with E-state index >= 15 is 0 Å². The molecule has 3 N–H and O–H groups in total. The second kappa shape index (κ2) is 7.27. The summed E-state index contributed by atoms with van der Waals surface area (Å²) < 4.78 is 12.9. The SMILES string of the molecule is C=CC(=O)NC1CC(NC(=O)C(=O)NCc2ccc(F)cc2)C12CCC2. The molecule has 138 valence electrons. The molecule has 2 aliphatic rings. The van der Waals surface area contributed by atoms with Gasteiger partial charge in [0.15, 0.2) is 0 Å². The Labute approximate surface area is 151 Å². The van der Waals surface area contributed by atoms with Crippen LogP contribution in [0, 0.1) is 11.2 Å². The van der Waals surface area contributed by atoms with Crippen LogP contribution in [-0.2, 0) is 20.9 Å². The first-order valence-electron chi connectivity index (χ1n) is 8.71. The van der Waals surface area contributed by atoms with Crippen LogP contribution in [-0.4, -0.2) is 29.8 Å². The van der Waals surface area contributed by atoms with Crippen LogP contribution in [0.1, 0.15) is 31.2 Å². The number of rotatable bonds is 5. The molecule has 2 aliphatic carbocycles. The zero-order chi connectivity index (χ0) is 18.7. The molecule has 1 aromatic rings. The minimum atomic E-state index is -0.720. The lowest BCUT2D eigenvalue weighted by Crippen LogP contribution is -2.72. The van der Waals surface area contributed by atoms with Crippen molar-refractivity contribution in [3.05, 3.63) is 48.3 Å². The van der Waals surface area contributed by atoms with Gasteiger partial charge in [0.2, 0.25) is 5.91 Å². The first kappa shape index (κ1) is 18.1. The summed E-state index contributed by atoms with van der Waals surface area (Å²) in [5, 5.41) is 8.22. The van der Waals surface area contributed by atoms with Crippen molar-refractivity contribution >= 4 is 17.7 Å². The number of carbonyl (C=O) groups excluding carboxylic acids is 3. The molecule has 0 aliphatic heterocycles. The second-order valence-electron chi connectivity index (χ2n) is 6.92. The van der Waals surface area contributed by atoms with Crippen LogP contribution in [0.3, 0.4) is 0 Å². The first-order chi connectivity index (χ1) is 12.4. The van der Waals surface area contributed by atoms with Gasteiger partial charge in [0.05, 0.1) is 0 Å². The molecule has 2 saturated carbocycles. The molecule has 1 spiro atoms. The lowest BCUT2D eigenvalue weighted by Gasteiger charge is -2.61. The summed E-state index contributed by atoms with van der Waals surface area (Å²) in [6, 6.07) is 5.59. The van der Waals surface area contributed by atoms with Crippen molar-refractivity contribution in [2.45, 2.75) is 44.3 Å². The smallest absolute Gasteiger partial charge is 0.309 e. The fraction of sp³-hybridized carbons (Fsp3) is 0.421. The van der Waals surface area contributed by atoms with E-state index in [-0.39, 0.29) is 35.8 Å². The van der Waals surface area contributed by atoms with Gasteiger partial charge < -0.3 is 16.0 Å². The number of benzene rings is 1. The maximum atomic E-state index is 12.9. The Bertz CT molecular complexity index is 728. The molecule has 3 rings (SSSR count). The van der Waals surface area contributed by atoms with E-state index in [0.717, 1.165) is 19.3 Å². The summed E-state index contributed by atoms with van der Waals surface area (Å²) in [5.74, 6) is -1.98. The van der Waals surface area contributed by atoms with E-state index in [0.29, 0.717) is 12.0 Å². The van der Waals surface area contributed by atoms with Gasteiger partial charge in [-0.1, -0.05) is 25.1 Å². The average molecular weight is 359 g/mol. The van der Waals surface area contributed by atoms with Crippen molar-refractivity contribution in [3.63, 3.8) is 0 Å². The maximum absolute atomic E-state index is 12.9. The summed E-state index contributed by atoms with van der Waals surface area (Å²) in [6.45, 7) is 3.60. The Morgan fingerprint density at radius 1 is 1.12 bits per heavy atom. The third-order valence-electron chi connectivity index (χ3n) is 5.52. The Balaban J connectivity index is 1.50.